The maximum Gasteiger partial charge on any atom is 0.224 e. The minimum absolute atomic E-state index is 0.131. The monoisotopic (exact) mass is 274 g/mol. The lowest BCUT2D eigenvalue weighted by Crippen LogP contribution is -2.50. The van der Waals surface area contributed by atoms with Crippen molar-refractivity contribution in [1.29, 1.82) is 0 Å². The topological polar surface area (TPSA) is 23.6 Å². The van der Waals surface area contributed by atoms with E-state index in [4.69, 9.17) is 0 Å². The van der Waals surface area contributed by atoms with Crippen LogP contribution >= 0.6 is 0 Å². The molecule has 20 heavy (non-hydrogen) atoms. The summed E-state index contributed by atoms with van der Waals surface area (Å²) in [6, 6.07) is 8.50. The Morgan fingerprint density at radius 2 is 2.00 bits per heavy atom. The lowest BCUT2D eigenvalue weighted by atomic mass is 10.0. The van der Waals surface area contributed by atoms with Gasteiger partial charge in [0, 0.05) is 20.0 Å². The van der Waals surface area contributed by atoms with Gasteiger partial charge in [-0.3, -0.25) is 4.79 Å². The number of hydrogen-bond acceptors (Lipinski definition) is 2. The Morgan fingerprint density at radius 3 is 2.60 bits per heavy atom. The zero-order chi connectivity index (χ0) is 14.7. The SMILES string of the molecule is CCCC(C)CN1CC(C)N(C(C)=O)c2ccccc21. The van der Waals surface area contributed by atoms with Crippen molar-refractivity contribution in [3.63, 3.8) is 0 Å². The predicted octanol–water partition coefficient (Wildman–Crippen LogP) is 3.68. The summed E-state index contributed by atoms with van der Waals surface area (Å²) < 4.78 is 0. The van der Waals surface area contributed by atoms with Crippen LogP contribution in [0.4, 0.5) is 11.4 Å². The van der Waals surface area contributed by atoms with Crippen LogP contribution in [-0.4, -0.2) is 25.0 Å². The number of fused-ring (bicyclic) bond motifs is 1. The van der Waals surface area contributed by atoms with E-state index >= 15 is 0 Å². The molecule has 0 N–H and O–H groups in total. The number of nitrogens with zero attached hydrogens (tertiary/aromatic N) is 2. The van der Waals surface area contributed by atoms with E-state index in [2.05, 4.69) is 43.9 Å². The first-order valence-electron chi connectivity index (χ1n) is 7.68. The second-order valence-corrected chi connectivity index (χ2v) is 6.03. The van der Waals surface area contributed by atoms with Crippen molar-refractivity contribution >= 4 is 17.3 Å². The Kier molecular flexibility index (Phi) is 4.69. The largest absolute Gasteiger partial charge is 0.368 e. The molecule has 1 amide bonds. The van der Waals surface area contributed by atoms with Crippen LogP contribution in [-0.2, 0) is 4.79 Å². The molecule has 1 heterocycles. The molecule has 2 rings (SSSR count). The minimum Gasteiger partial charge on any atom is -0.368 e. The second-order valence-electron chi connectivity index (χ2n) is 6.03. The van der Waals surface area contributed by atoms with E-state index in [1.54, 1.807) is 6.92 Å². The molecule has 110 valence electrons. The van der Waals surface area contributed by atoms with Gasteiger partial charge in [-0.2, -0.15) is 0 Å². The lowest BCUT2D eigenvalue weighted by Gasteiger charge is -2.42. The van der Waals surface area contributed by atoms with E-state index in [0.717, 1.165) is 18.8 Å². The fourth-order valence-corrected chi connectivity index (χ4v) is 3.28. The van der Waals surface area contributed by atoms with Gasteiger partial charge in [0.05, 0.1) is 17.4 Å². The average Bonchev–Trinajstić information content (AvgIpc) is 2.38. The van der Waals surface area contributed by atoms with Gasteiger partial charge in [0.25, 0.3) is 0 Å². The number of para-hydroxylation sites is 2. The van der Waals surface area contributed by atoms with Crippen LogP contribution < -0.4 is 9.80 Å². The molecule has 2 atom stereocenters. The zero-order valence-corrected chi connectivity index (χ0v) is 13.1. The third kappa shape index (κ3) is 2.97. The highest BCUT2D eigenvalue weighted by Gasteiger charge is 2.30. The van der Waals surface area contributed by atoms with Crippen molar-refractivity contribution < 1.29 is 4.79 Å². The van der Waals surface area contributed by atoms with Crippen LogP contribution in [0.1, 0.15) is 40.5 Å². The van der Waals surface area contributed by atoms with E-state index in [1.165, 1.54) is 18.5 Å². The molecule has 0 bridgehead atoms. The first kappa shape index (κ1) is 14.9. The molecule has 0 saturated heterocycles. The summed E-state index contributed by atoms with van der Waals surface area (Å²) in [5.41, 5.74) is 2.26. The third-order valence-corrected chi connectivity index (χ3v) is 4.06. The first-order valence-corrected chi connectivity index (χ1v) is 7.68. The van der Waals surface area contributed by atoms with Gasteiger partial charge in [-0.25, -0.2) is 0 Å². The number of hydrogen-bond donors (Lipinski definition) is 0. The van der Waals surface area contributed by atoms with Crippen molar-refractivity contribution in [2.75, 3.05) is 22.9 Å². The van der Waals surface area contributed by atoms with Crippen LogP contribution in [0.3, 0.4) is 0 Å². The second kappa shape index (κ2) is 6.29. The predicted molar refractivity (Wildman–Crippen MR) is 85.3 cm³/mol. The molecule has 1 aromatic carbocycles. The molecule has 0 aromatic heterocycles. The Hall–Kier alpha value is -1.51. The Morgan fingerprint density at radius 1 is 1.35 bits per heavy atom. The minimum atomic E-state index is 0.131. The number of rotatable bonds is 4. The van der Waals surface area contributed by atoms with Crippen LogP contribution in [0, 0.1) is 5.92 Å². The molecule has 0 saturated carbocycles. The van der Waals surface area contributed by atoms with Gasteiger partial charge in [-0.1, -0.05) is 32.4 Å². The summed E-state index contributed by atoms with van der Waals surface area (Å²) >= 11 is 0. The molecule has 0 fully saturated rings. The van der Waals surface area contributed by atoms with E-state index in [1.807, 2.05) is 11.0 Å². The van der Waals surface area contributed by atoms with Gasteiger partial charge in [0.1, 0.15) is 0 Å². The highest BCUT2D eigenvalue weighted by Crippen LogP contribution is 2.35. The number of carbonyl (C=O) groups is 1. The molecule has 0 radical (unpaired) electrons. The normalized spacial score (nSPS) is 19.7. The standard InChI is InChI=1S/C17H26N2O/c1-5-8-13(2)11-18-12-14(3)19(15(4)20)17-10-7-6-9-16(17)18/h6-7,9-10,13-14H,5,8,11-12H2,1-4H3. The molecule has 3 heteroatoms. The van der Waals surface area contributed by atoms with Crippen LogP contribution in [0.5, 0.6) is 0 Å². The van der Waals surface area contributed by atoms with Gasteiger partial charge in [0.15, 0.2) is 0 Å². The summed E-state index contributed by atoms with van der Waals surface area (Å²) in [4.78, 5) is 16.3. The van der Waals surface area contributed by atoms with Crippen LogP contribution in [0.2, 0.25) is 0 Å². The fraction of sp³-hybridized carbons (Fsp3) is 0.588. The average molecular weight is 274 g/mol. The van der Waals surface area contributed by atoms with Crippen molar-refractivity contribution in [2.24, 2.45) is 5.92 Å². The van der Waals surface area contributed by atoms with Gasteiger partial charge >= 0.3 is 0 Å². The summed E-state index contributed by atoms with van der Waals surface area (Å²) in [5, 5.41) is 0. The molecular formula is C17H26N2O. The van der Waals surface area contributed by atoms with E-state index in [-0.39, 0.29) is 11.9 Å². The third-order valence-electron chi connectivity index (χ3n) is 4.06. The van der Waals surface area contributed by atoms with E-state index in [0.29, 0.717) is 5.92 Å². The molecular weight excluding hydrogens is 248 g/mol. The van der Waals surface area contributed by atoms with Crippen LogP contribution in [0.25, 0.3) is 0 Å². The van der Waals surface area contributed by atoms with Crippen molar-refractivity contribution in [1.82, 2.24) is 0 Å². The Labute approximate surface area is 122 Å². The van der Waals surface area contributed by atoms with E-state index in [9.17, 15) is 4.79 Å². The van der Waals surface area contributed by atoms with Gasteiger partial charge in [-0.05, 0) is 31.4 Å². The Balaban J connectivity index is 2.28. The lowest BCUT2D eigenvalue weighted by molar-refractivity contribution is -0.117. The van der Waals surface area contributed by atoms with Gasteiger partial charge in [0.2, 0.25) is 5.91 Å². The smallest absolute Gasteiger partial charge is 0.224 e. The number of anilines is 2. The maximum atomic E-state index is 11.9. The Bertz CT molecular complexity index is 472. The molecule has 1 aliphatic rings. The highest BCUT2D eigenvalue weighted by atomic mass is 16.2. The van der Waals surface area contributed by atoms with Crippen LogP contribution in [0.15, 0.2) is 24.3 Å². The van der Waals surface area contributed by atoms with Gasteiger partial charge in [-0.15, -0.1) is 0 Å². The van der Waals surface area contributed by atoms with Crippen molar-refractivity contribution in [3.8, 4) is 0 Å². The maximum absolute atomic E-state index is 11.9. The summed E-state index contributed by atoms with van der Waals surface area (Å²) in [7, 11) is 0. The quantitative estimate of drug-likeness (QED) is 0.836. The first-order chi connectivity index (χ1) is 9.54. The molecule has 0 spiro atoms. The highest BCUT2D eigenvalue weighted by molar-refractivity contribution is 5.97. The van der Waals surface area contributed by atoms with Crippen molar-refractivity contribution in [2.45, 2.75) is 46.6 Å². The number of carbonyl (C=O) groups excluding carboxylic acids is 1. The summed E-state index contributed by atoms with van der Waals surface area (Å²) in [6.07, 6.45) is 2.48. The molecule has 1 aromatic rings. The summed E-state index contributed by atoms with van der Waals surface area (Å²) in [6.45, 7) is 10.3. The van der Waals surface area contributed by atoms with Gasteiger partial charge < -0.3 is 9.80 Å². The molecule has 2 unspecified atom stereocenters. The number of amides is 1. The fourth-order valence-electron chi connectivity index (χ4n) is 3.28. The summed E-state index contributed by atoms with van der Waals surface area (Å²) in [5.74, 6) is 0.815. The number of benzene rings is 1. The van der Waals surface area contributed by atoms with E-state index < -0.39 is 0 Å². The van der Waals surface area contributed by atoms with Crippen molar-refractivity contribution in [3.05, 3.63) is 24.3 Å². The molecule has 0 aliphatic carbocycles. The zero-order valence-electron chi connectivity index (χ0n) is 13.1. The molecule has 1 aliphatic heterocycles. The molecule has 3 nitrogen and oxygen atoms in total.